The van der Waals surface area contributed by atoms with Crippen molar-refractivity contribution >= 4 is 11.3 Å². The molecular weight excluding hydrogens is 182 g/mol. The third-order valence-corrected chi connectivity index (χ3v) is 3.53. The van der Waals surface area contributed by atoms with E-state index in [1.165, 1.54) is 10.6 Å². The van der Waals surface area contributed by atoms with Gasteiger partial charge in [0, 0.05) is 37.0 Å². The summed E-state index contributed by atoms with van der Waals surface area (Å²) in [7, 11) is 0. The average Bonchev–Trinajstić information content (AvgIpc) is 2.63. The molecule has 0 spiro atoms. The number of aromatic nitrogens is 1. The molecule has 13 heavy (non-hydrogen) atoms. The first-order chi connectivity index (χ1) is 6.31. The predicted molar refractivity (Wildman–Crippen MR) is 54.7 cm³/mol. The molecule has 1 aliphatic heterocycles. The van der Waals surface area contributed by atoms with E-state index < -0.39 is 0 Å². The molecule has 3 nitrogen and oxygen atoms in total. The number of thiazole rings is 1. The van der Waals surface area contributed by atoms with Gasteiger partial charge in [-0.3, -0.25) is 4.90 Å². The van der Waals surface area contributed by atoms with Crippen molar-refractivity contribution in [1.82, 2.24) is 9.88 Å². The first-order valence-electron chi connectivity index (χ1n) is 4.66. The van der Waals surface area contributed by atoms with Gasteiger partial charge in [0.2, 0.25) is 0 Å². The molecule has 1 aromatic heterocycles. The maximum absolute atomic E-state index is 5.64. The van der Waals surface area contributed by atoms with E-state index in [0.717, 1.165) is 26.1 Å². The second kappa shape index (κ2) is 3.74. The summed E-state index contributed by atoms with van der Waals surface area (Å²) in [6, 6.07) is 0.496. The highest BCUT2D eigenvalue weighted by atomic mass is 32.1. The van der Waals surface area contributed by atoms with Gasteiger partial charge in [0.25, 0.3) is 0 Å². The molecular formula is C9H15N3S. The monoisotopic (exact) mass is 197 g/mol. The van der Waals surface area contributed by atoms with E-state index in [1.807, 2.05) is 5.51 Å². The Morgan fingerprint density at radius 2 is 2.62 bits per heavy atom. The zero-order valence-electron chi connectivity index (χ0n) is 7.86. The molecule has 2 heterocycles. The van der Waals surface area contributed by atoms with Crippen LogP contribution in [0.1, 0.15) is 17.5 Å². The Morgan fingerprint density at radius 1 is 1.77 bits per heavy atom. The normalized spacial score (nSPS) is 19.8. The summed E-state index contributed by atoms with van der Waals surface area (Å²) in [6.45, 7) is 5.08. The molecule has 4 heteroatoms. The highest BCUT2D eigenvalue weighted by Crippen LogP contribution is 2.22. The summed E-state index contributed by atoms with van der Waals surface area (Å²) in [5.74, 6) is 0. The predicted octanol–water partition coefficient (Wildman–Crippen LogP) is 0.848. The SMILES string of the molecule is CC(CN)N1CCc2ncsc2C1. The molecule has 0 saturated heterocycles. The van der Waals surface area contributed by atoms with E-state index in [0.29, 0.717) is 6.04 Å². The van der Waals surface area contributed by atoms with Gasteiger partial charge in [-0.15, -0.1) is 11.3 Å². The maximum atomic E-state index is 5.64. The van der Waals surface area contributed by atoms with E-state index in [9.17, 15) is 0 Å². The van der Waals surface area contributed by atoms with Gasteiger partial charge in [-0.1, -0.05) is 0 Å². The van der Waals surface area contributed by atoms with Gasteiger partial charge < -0.3 is 5.73 Å². The fourth-order valence-corrected chi connectivity index (χ4v) is 2.50. The van der Waals surface area contributed by atoms with Crippen LogP contribution in [-0.4, -0.2) is 29.0 Å². The van der Waals surface area contributed by atoms with Crippen molar-refractivity contribution in [2.45, 2.75) is 25.9 Å². The number of hydrogen-bond acceptors (Lipinski definition) is 4. The van der Waals surface area contributed by atoms with Crippen molar-refractivity contribution in [1.29, 1.82) is 0 Å². The Labute approximate surface area is 82.6 Å². The molecule has 2 rings (SSSR count). The number of nitrogens with zero attached hydrogens (tertiary/aromatic N) is 2. The molecule has 0 aliphatic carbocycles. The van der Waals surface area contributed by atoms with Gasteiger partial charge >= 0.3 is 0 Å². The van der Waals surface area contributed by atoms with Gasteiger partial charge in [-0.05, 0) is 6.92 Å². The van der Waals surface area contributed by atoms with Crippen molar-refractivity contribution in [3.63, 3.8) is 0 Å². The molecule has 1 aliphatic rings. The molecule has 0 bridgehead atoms. The van der Waals surface area contributed by atoms with Crippen LogP contribution in [0.4, 0.5) is 0 Å². The Morgan fingerprint density at radius 3 is 3.38 bits per heavy atom. The topological polar surface area (TPSA) is 42.1 Å². The van der Waals surface area contributed by atoms with Crippen LogP contribution in [0.25, 0.3) is 0 Å². The molecule has 1 aromatic rings. The van der Waals surface area contributed by atoms with Crippen molar-refractivity contribution in [3.05, 3.63) is 16.1 Å². The Bertz CT molecular complexity index is 284. The zero-order chi connectivity index (χ0) is 9.26. The minimum atomic E-state index is 0.496. The second-order valence-corrected chi connectivity index (χ2v) is 4.47. The molecule has 0 saturated carbocycles. The Balaban J connectivity index is 2.08. The Kier molecular flexibility index (Phi) is 2.62. The number of rotatable bonds is 2. The van der Waals surface area contributed by atoms with Crippen LogP contribution in [0.2, 0.25) is 0 Å². The largest absolute Gasteiger partial charge is 0.329 e. The highest BCUT2D eigenvalue weighted by Gasteiger charge is 2.21. The minimum absolute atomic E-state index is 0.496. The van der Waals surface area contributed by atoms with Crippen LogP contribution in [-0.2, 0) is 13.0 Å². The van der Waals surface area contributed by atoms with E-state index in [1.54, 1.807) is 11.3 Å². The smallest absolute Gasteiger partial charge is 0.0798 e. The van der Waals surface area contributed by atoms with E-state index in [4.69, 9.17) is 5.73 Å². The molecule has 0 fully saturated rings. The molecule has 72 valence electrons. The number of nitrogens with two attached hydrogens (primary N) is 1. The average molecular weight is 197 g/mol. The lowest BCUT2D eigenvalue weighted by Gasteiger charge is -2.30. The van der Waals surface area contributed by atoms with Gasteiger partial charge in [-0.25, -0.2) is 4.98 Å². The van der Waals surface area contributed by atoms with Crippen molar-refractivity contribution in [2.24, 2.45) is 5.73 Å². The van der Waals surface area contributed by atoms with Crippen LogP contribution >= 0.6 is 11.3 Å². The first kappa shape index (κ1) is 9.12. The lowest BCUT2D eigenvalue weighted by Crippen LogP contribution is -2.41. The van der Waals surface area contributed by atoms with Crippen molar-refractivity contribution in [3.8, 4) is 0 Å². The third kappa shape index (κ3) is 1.75. The summed E-state index contributed by atoms with van der Waals surface area (Å²) in [4.78, 5) is 8.19. The lowest BCUT2D eigenvalue weighted by atomic mass is 10.1. The Hall–Kier alpha value is -0.450. The fourth-order valence-electron chi connectivity index (χ4n) is 1.66. The van der Waals surface area contributed by atoms with Crippen LogP contribution in [0.3, 0.4) is 0 Å². The maximum Gasteiger partial charge on any atom is 0.0798 e. The molecule has 0 amide bonds. The van der Waals surface area contributed by atoms with Gasteiger partial charge in [-0.2, -0.15) is 0 Å². The fraction of sp³-hybridized carbons (Fsp3) is 0.667. The third-order valence-electron chi connectivity index (χ3n) is 2.67. The van der Waals surface area contributed by atoms with Crippen LogP contribution in [0.5, 0.6) is 0 Å². The molecule has 2 N–H and O–H groups in total. The van der Waals surface area contributed by atoms with Crippen LogP contribution < -0.4 is 5.73 Å². The van der Waals surface area contributed by atoms with Gasteiger partial charge in [0.05, 0.1) is 11.2 Å². The molecule has 1 atom stereocenters. The standard InChI is InChI=1S/C9H15N3S/c1-7(4-10)12-3-2-8-9(5-12)13-6-11-8/h6-7H,2-5,10H2,1H3. The molecule has 1 unspecified atom stereocenters. The summed E-state index contributed by atoms with van der Waals surface area (Å²) in [6.07, 6.45) is 1.09. The van der Waals surface area contributed by atoms with Crippen molar-refractivity contribution < 1.29 is 0 Å². The summed E-state index contributed by atoms with van der Waals surface area (Å²) in [5.41, 5.74) is 8.89. The van der Waals surface area contributed by atoms with E-state index in [2.05, 4.69) is 16.8 Å². The molecule has 0 aromatic carbocycles. The van der Waals surface area contributed by atoms with Crippen molar-refractivity contribution in [2.75, 3.05) is 13.1 Å². The zero-order valence-corrected chi connectivity index (χ0v) is 8.68. The van der Waals surface area contributed by atoms with E-state index in [-0.39, 0.29) is 0 Å². The van der Waals surface area contributed by atoms with Gasteiger partial charge in [0.15, 0.2) is 0 Å². The highest BCUT2D eigenvalue weighted by molar-refractivity contribution is 7.09. The van der Waals surface area contributed by atoms with E-state index >= 15 is 0 Å². The minimum Gasteiger partial charge on any atom is -0.329 e. The number of hydrogen-bond donors (Lipinski definition) is 1. The van der Waals surface area contributed by atoms with Crippen LogP contribution in [0.15, 0.2) is 5.51 Å². The quantitative estimate of drug-likeness (QED) is 0.764. The second-order valence-electron chi connectivity index (χ2n) is 3.53. The number of fused-ring (bicyclic) bond motifs is 1. The summed E-state index contributed by atoms with van der Waals surface area (Å²) < 4.78 is 0. The summed E-state index contributed by atoms with van der Waals surface area (Å²) in [5, 5.41) is 0. The van der Waals surface area contributed by atoms with Crippen LogP contribution in [0, 0.1) is 0 Å². The first-order valence-corrected chi connectivity index (χ1v) is 5.54. The molecule has 0 radical (unpaired) electrons. The van der Waals surface area contributed by atoms with Gasteiger partial charge in [0.1, 0.15) is 0 Å². The summed E-state index contributed by atoms with van der Waals surface area (Å²) >= 11 is 1.76. The lowest BCUT2D eigenvalue weighted by molar-refractivity contribution is 0.196.